The van der Waals surface area contributed by atoms with Crippen LogP contribution in [0.5, 0.6) is 0 Å². The summed E-state index contributed by atoms with van der Waals surface area (Å²) >= 11 is 0. The van der Waals surface area contributed by atoms with E-state index in [1.54, 1.807) is 0 Å². The van der Waals surface area contributed by atoms with E-state index in [0.29, 0.717) is 24.0 Å². The van der Waals surface area contributed by atoms with Gasteiger partial charge in [0.15, 0.2) is 0 Å². The molecule has 1 atom stereocenters. The maximum absolute atomic E-state index is 9.77. The standard InChI is InChI=1S/C30H44N4O2/c1-5-6-7-22-8-10-24(11-9-22)28-33-26(20-31)29(36-28)32-21-27(34-16-18-35-19-17-34)23-12-14-25(15-13-23)30(2,3)4/h12-15,22,24,27,32H,5-11,16-19,21H2,1-4H3. The second-order valence-corrected chi connectivity index (χ2v) is 11.6. The van der Waals surface area contributed by atoms with Crippen LogP contribution in [-0.2, 0) is 10.2 Å². The van der Waals surface area contributed by atoms with Gasteiger partial charge in [-0.2, -0.15) is 5.26 Å². The van der Waals surface area contributed by atoms with Crippen LogP contribution < -0.4 is 5.32 Å². The summed E-state index contributed by atoms with van der Waals surface area (Å²) < 4.78 is 11.8. The third-order valence-electron chi connectivity index (χ3n) is 8.02. The second-order valence-electron chi connectivity index (χ2n) is 11.6. The summed E-state index contributed by atoms with van der Waals surface area (Å²) in [6.45, 7) is 12.9. The first kappa shape index (κ1) is 26.7. The molecule has 6 nitrogen and oxygen atoms in total. The van der Waals surface area contributed by atoms with Crippen molar-refractivity contribution in [1.29, 1.82) is 5.26 Å². The highest BCUT2D eigenvalue weighted by atomic mass is 16.5. The molecule has 2 aromatic rings. The second kappa shape index (κ2) is 12.3. The van der Waals surface area contributed by atoms with E-state index in [4.69, 9.17) is 9.15 Å². The fourth-order valence-electron chi connectivity index (χ4n) is 5.64. The van der Waals surface area contributed by atoms with Crippen molar-refractivity contribution in [2.75, 3.05) is 38.2 Å². The van der Waals surface area contributed by atoms with Crippen LogP contribution in [0.2, 0.25) is 0 Å². The summed E-state index contributed by atoms with van der Waals surface area (Å²) in [5, 5.41) is 13.2. The number of aromatic nitrogens is 1. The van der Waals surface area contributed by atoms with Gasteiger partial charge in [0.25, 0.3) is 0 Å². The molecule has 1 saturated carbocycles. The minimum Gasteiger partial charge on any atom is -0.424 e. The van der Waals surface area contributed by atoms with Gasteiger partial charge in [-0.3, -0.25) is 4.90 Å². The molecule has 196 valence electrons. The van der Waals surface area contributed by atoms with E-state index < -0.39 is 0 Å². The summed E-state index contributed by atoms with van der Waals surface area (Å²) in [6, 6.07) is 11.4. The Bertz CT molecular complexity index is 987. The SMILES string of the molecule is CCCCC1CCC(c2nc(C#N)c(NCC(c3ccc(C(C)(C)C)cc3)N3CCOCC3)o2)CC1. The topological polar surface area (TPSA) is 74.3 Å². The average molecular weight is 493 g/mol. The molecule has 0 radical (unpaired) electrons. The number of nitrogens with zero attached hydrogens (tertiary/aromatic N) is 3. The molecule has 0 spiro atoms. The number of ether oxygens (including phenoxy) is 1. The molecule has 4 rings (SSSR count). The number of nitrogens with one attached hydrogen (secondary N) is 1. The molecular weight excluding hydrogens is 448 g/mol. The Kier molecular flexibility index (Phi) is 9.09. The molecule has 1 aliphatic heterocycles. The summed E-state index contributed by atoms with van der Waals surface area (Å²) in [7, 11) is 0. The first-order valence-electron chi connectivity index (χ1n) is 14.0. The Hall–Kier alpha value is -2.36. The molecule has 2 aliphatic rings. The van der Waals surface area contributed by atoms with Gasteiger partial charge < -0.3 is 14.5 Å². The molecule has 1 aromatic carbocycles. The van der Waals surface area contributed by atoms with Gasteiger partial charge in [-0.25, -0.2) is 4.98 Å². The van der Waals surface area contributed by atoms with Crippen molar-refractivity contribution in [2.45, 2.75) is 90.0 Å². The lowest BCUT2D eigenvalue weighted by Crippen LogP contribution is -2.41. The third-order valence-corrected chi connectivity index (χ3v) is 8.02. The quantitative estimate of drug-likeness (QED) is 0.415. The van der Waals surface area contributed by atoms with E-state index in [9.17, 15) is 5.26 Å². The Morgan fingerprint density at radius 2 is 1.81 bits per heavy atom. The highest BCUT2D eigenvalue weighted by molar-refractivity contribution is 5.46. The Morgan fingerprint density at radius 1 is 1.11 bits per heavy atom. The number of benzene rings is 1. The van der Waals surface area contributed by atoms with Crippen LogP contribution >= 0.6 is 0 Å². The first-order chi connectivity index (χ1) is 17.4. The zero-order valence-electron chi connectivity index (χ0n) is 22.7. The molecule has 1 aliphatic carbocycles. The number of hydrogen-bond donors (Lipinski definition) is 1. The molecule has 0 amide bonds. The highest BCUT2D eigenvalue weighted by Gasteiger charge is 2.28. The van der Waals surface area contributed by atoms with E-state index in [0.717, 1.165) is 51.0 Å². The third kappa shape index (κ3) is 6.69. The molecular formula is C30H44N4O2. The number of morpholine rings is 1. The van der Waals surface area contributed by atoms with Gasteiger partial charge in [0, 0.05) is 25.6 Å². The van der Waals surface area contributed by atoms with Crippen LogP contribution in [0.4, 0.5) is 5.88 Å². The van der Waals surface area contributed by atoms with Gasteiger partial charge in [0.1, 0.15) is 6.07 Å². The lowest BCUT2D eigenvalue weighted by Gasteiger charge is -2.35. The lowest BCUT2D eigenvalue weighted by molar-refractivity contribution is 0.0186. The molecule has 1 N–H and O–H groups in total. The predicted octanol–water partition coefficient (Wildman–Crippen LogP) is 6.79. The molecule has 0 bridgehead atoms. The summed E-state index contributed by atoms with van der Waals surface area (Å²) in [5.74, 6) is 2.42. The van der Waals surface area contributed by atoms with E-state index >= 15 is 0 Å². The van der Waals surface area contributed by atoms with E-state index in [2.05, 4.69) is 73.2 Å². The van der Waals surface area contributed by atoms with Crippen LogP contribution in [0, 0.1) is 17.2 Å². The minimum absolute atomic E-state index is 0.123. The van der Waals surface area contributed by atoms with Gasteiger partial charge in [-0.05, 0) is 48.1 Å². The van der Waals surface area contributed by atoms with Crippen molar-refractivity contribution in [1.82, 2.24) is 9.88 Å². The van der Waals surface area contributed by atoms with Crippen LogP contribution in [0.25, 0.3) is 0 Å². The summed E-state index contributed by atoms with van der Waals surface area (Å²) in [6.07, 6.45) is 8.62. The normalized spacial score (nSPS) is 22.2. The Balaban J connectivity index is 1.46. The molecule has 1 saturated heterocycles. The monoisotopic (exact) mass is 492 g/mol. The van der Waals surface area contributed by atoms with Gasteiger partial charge >= 0.3 is 0 Å². The zero-order chi connectivity index (χ0) is 25.5. The molecule has 2 fully saturated rings. The van der Waals surface area contributed by atoms with Gasteiger partial charge in [-0.1, -0.05) is 71.2 Å². The van der Waals surface area contributed by atoms with Crippen molar-refractivity contribution in [3.8, 4) is 6.07 Å². The zero-order valence-corrected chi connectivity index (χ0v) is 22.7. The van der Waals surface area contributed by atoms with Crippen molar-refractivity contribution < 1.29 is 9.15 Å². The molecule has 1 unspecified atom stereocenters. The van der Waals surface area contributed by atoms with Crippen LogP contribution in [-0.4, -0.2) is 42.7 Å². The van der Waals surface area contributed by atoms with Crippen molar-refractivity contribution in [2.24, 2.45) is 5.92 Å². The number of unbranched alkanes of at least 4 members (excludes halogenated alkanes) is 1. The number of nitriles is 1. The van der Waals surface area contributed by atoms with E-state index in [-0.39, 0.29) is 11.5 Å². The fraction of sp³-hybridized carbons (Fsp3) is 0.667. The number of anilines is 1. The van der Waals surface area contributed by atoms with Crippen molar-refractivity contribution >= 4 is 5.88 Å². The van der Waals surface area contributed by atoms with Crippen molar-refractivity contribution in [3.05, 3.63) is 47.0 Å². The van der Waals surface area contributed by atoms with E-state index in [1.165, 1.54) is 43.2 Å². The largest absolute Gasteiger partial charge is 0.424 e. The number of oxazole rings is 1. The number of rotatable bonds is 9. The fourth-order valence-corrected chi connectivity index (χ4v) is 5.64. The van der Waals surface area contributed by atoms with E-state index in [1.807, 2.05) is 0 Å². The van der Waals surface area contributed by atoms with Gasteiger partial charge in [0.05, 0.1) is 19.3 Å². The smallest absolute Gasteiger partial charge is 0.232 e. The van der Waals surface area contributed by atoms with Gasteiger partial charge in [-0.15, -0.1) is 0 Å². The molecule has 6 heteroatoms. The van der Waals surface area contributed by atoms with Crippen molar-refractivity contribution in [3.63, 3.8) is 0 Å². The Morgan fingerprint density at radius 3 is 2.42 bits per heavy atom. The maximum atomic E-state index is 9.77. The van der Waals surface area contributed by atoms with Gasteiger partial charge in [0.2, 0.25) is 17.5 Å². The maximum Gasteiger partial charge on any atom is 0.232 e. The minimum atomic E-state index is 0.123. The molecule has 2 heterocycles. The summed E-state index contributed by atoms with van der Waals surface area (Å²) in [4.78, 5) is 7.08. The van der Waals surface area contributed by atoms with Crippen LogP contribution in [0.1, 0.15) is 107 Å². The lowest BCUT2D eigenvalue weighted by atomic mass is 9.80. The first-order valence-corrected chi connectivity index (χ1v) is 14.0. The molecule has 36 heavy (non-hydrogen) atoms. The predicted molar refractivity (Wildman–Crippen MR) is 144 cm³/mol. The average Bonchev–Trinajstić information content (AvgIpc) is 3.31. The Labute approximate surface area is 217 Å². The van der Waals surface area contributed by atoms with Crippen LogP contribution in [0.3, 0.4) is 0 Å². The molecule has 1 aromatic heterocycles. The van der Waals surface area contributed by atoms with Crippen LogP contribution in [0.15, 0.2) is 28.7 Å². The number of hydrogen-bond acceptors (Lipinski definition) is 6. The highest BCUT2D eigenvalue weighted by Crippen LogP contribution is 2.38. The summed E-state index contributed by atoms with van der Waals surface area (Å²) in [5.41, 5.74) is 3.09.